The van der Waals surface area contributed by atoms with Crippen LogP contribution >= 0.6 is 0 Å². The maximum absolute atomic E-state index is 11.8. The molecule has 0 aromatic heterocycles. The summed E-state index contributed by atoms with van der Waals surface area (Å²) in [6, 6.07) is 0. The van der Waals surface area contributed by atoms with Crippen LogP contribution in [0.15, 0.2) is 0 Å². The van der Waals surface area contributed by atoms with Gasteiger partial charge in [0.15, 0.2) is 0 Å². The van der Waals surface area contributed by atoms with Crippen molar-refractivity contribution in [3.63, 3.8) is 0 Å². The molecule has 106 valence electrons. The number of carbonyl (C=O) groups is 2. The fourth-order valence-electron chi connectivity index (χ4n) is 5.02. The summed E-state index contributed by atoms with van der Waals surface area (Å²) in [6.07, 6.45) is 2.68. The van der Waals surface area contributed by atoms with Gasteiger partial charge in [0, 0.05) is 11.8 Å². The summed E-state index contributed by atoms with van der Waals surface area (Å²) in [7, 11) is 0. The molecule has 1 saturated heterocycles. The van der Waals surface area contributed by atoms with Gasteiger partial charge in [0.2, 0.25) is 0 Å². The number of esters is 1. The topological polar surface area (TPSA) is 63.6 Å². The highest BCUT2D eigenvalue weighted by Gasteiger charge is 2.61. The Hall–Kier alpha value is -1.06. The Balaban J connectivity index is 1.94. The maximum atomic E-state index is 11.8. The molecule has 2 saturated carbocycles. The van der Waals surface area contributed by atoms with Crippen LogP contribution in [0.25, 0.3) is 0 Å². The summed E-state index contributed by atoms with van der Waals surface area (Å²) in [5, 5.41) is 9.38. The Morgan fingerprint density at radius 1 is 1.42 bits per heavy atom. The number of carboxylic acid groups (broad SMARTS) is 1. The predicted octanol–water partition coefficient (Wildman–Crippen LogP) is 2.32. The van der Waals surface area contributed by atoms with E-state index in [-0.39, 0.29) is 41.2 Å². The Morgan fingerprint density at radius 3 is 2.74 bits per heavy atom. The second kappa shape index (κ2) is 3.97. The largest absolute Gasteiger partial charge is 0.481 e. The number of aliphatic carboxylic acids is 1. The first-order chi connectivity index (χ1) is 8.85. The molecule has 3 fully saturated rings. The number of hydrogen-bond acceptors (Lipinski definition) is 3. The third-order valence-electron chi connectivity index (χ3n) is 6.10. The van der Waals surface area contributed by atoms with Gasteiger partial charge in [-0.3, -0.25) is 9.59 Å². The number of carbonyl (C=O) groups excluding carboxylic acids is 1. The highest BCUT2D eigenvalue weighted by Crippen LogP contribution is 2.61. The molecule has 1 N–H and O–H groups in total. The van der Waals surface area contributed by atoms with E-state index >= 15 is 0 Å². The van der Waals surface area contributed by atoms with Crippen molar-refractivity contribution in [2.45, 2.75) is 46.1 Å². The number of rotatable bonds is 1. The van der Waals surface area contributed by atoms with E-state index in [2.05, 4.69) is 6.92 Å². The number of carboxylic acids is 1. The molecule has 1 heterocycles. The Labute approximate surface area is 113 Å². The fraction of sp³-hybridized carbons (Fsp3) is 0.867. The highest BCUT2D eigenvalue weighted by molar-refractivity contribution is 5.75. The second-order valence-corrected chi connectivity index (χ2v) is 7.08. The quantitative estimate of drug-likeness (QED) is 0.740. The third-order valence-corrected chi connectivity index (χ3v) is 6.10. The lowest BCUT2D eigenvalue weighted by Crippen LogP contribution is -2.43. The second-order valence-electron chi connectivity index (χ2n) is 7.08. The van der Waals surface area contributed by atoms with Gasteiger partial charge in [-0.05, 0) is 30.6 Å². The van der Waals surface area contributed by atoms with E-state index in [1.165, 1.54) is 0 Å². The standard InChI is InChI=1S/C15H22O4/c1-7-10(13(16)17)6-15(3)5-4-9-8(2)14(18)19-12(9)11(7)15/h7-12H,4-6H2,1-3H3,(H,16,17). The molecule has 1 aliphatic heterocycles. The molecule has 19 heavy (non-hydrogen) atoms. The normalized spacial score (nSPS) is 52.5. The van der Waals surface area contributed by atoms with Gasteiger partial charge in [-0.15, -0.1) is 0 Å². The number of ether oxygens (including phenoxy) is 1. The molecule has 0 radical (unpaired) electrons. The molecule has 2 aliphatic carbocycles. The van der Waals surface area contributed by atoms with Crippen molar-refractivity contribution in [1.29, 1.82) is 0 Å². The molecule has 0 amide bonds. The summed E-state index contributed by atoms with van der Waals surface area (Å²) >= 11 is 0. The van der Waals surface area contributed by atoms with Crippen LogP contribution in [0.4, 0.5) is 0 Å². The van der Waals surface area contributed by atoms with Gasteiger partial charge in [0.25, 0.3) is 0 Å². The zero-order valence-corrected chi connectivity index (χ0v) is 11.8. The molecule has 7 unspecified atom stereocenters. The Bertz CT molecular complexity index is 432. The van der Waals surface area contributed by atoms with E-state index < -0.39 is 5.97 Å². The van der Waals surface area contributed by atoms with E-state index in [1.54, 1.807) is 0 Å². The molecule has 3 rings (SSSR count). The zero-order valence-electron chi connectivity index (χ0n) is 11.8. The van der Waals surface area contributed by atoms with Gasteiger partial charge in [-0.1, -0.05) is 20.8 Å². The van der Waals surface area contributed by atoms with E-state index in [0.29, 0.717) is 5.92 Å². The monoisotopic (exact) mass is 266 g/mol. The van der Waals surface area contributed by atoms with Crippen LogP contribution in [0.1, 0.15) is 40.0 Å². The van der Waals surface area contributed by atoms with Gasteiger partial charge in [-0.25, -0.2) is 0 Å². The zero-order chi connectivity index (χ0) is 13.9. The van der Waals surface area contributed by atoms with Crippen LogP contribution in [0.5, 0.6) is 0 Å². The SMILES string of the molecule is CC1C(=O)OC2C1CCC1(C)CC(C(=O)O)C(C)C21. The summed E-state index contributed by atoms with van der Waals surface area (Å²) in [4.78, 5) is 23.2. The van der Waals surface area contributed by atoms with Gasteiger partial charge in [0.05, 0.1) is 11.8 Å². The van der Waals surface area contributed by atoms with Crippen molar-refractivity contribution in [3.8, 4) is 0 Å². The number of hydrogen-bond donors (Lipinski definition) is 1. The van der Waals surface area contributed by atoms with Crippen molar-refractivity contribution >= 4 is 11.9 Å². The van der Waals surface area contributed by atoms with Crippen LogP contribution in [-0.2, 0) is 14.3 Å². The minimum absolute atomic E-state index is 0.0218. The maximum Gasteiger partial charge on any atom is 0.309 e. The lowest BCUT2D eigenvalue weighted by Gasteiger charge is -2.44. The molecule has 3 aliphatic rings. The van der Waals surface area contributed by atoms with Crippen molar-refractivity contribution in [2.75, 3.05) is 0 Å². The summed E-state index contributed by atoms with van der Waals surface area (Å²) in [5.74, 6) is -0.508. The first kappa shape index (κ1) is 12.9. The van der Waals surface area contributed by atoms with Crippen molar-refractivity contribution in [1.82, 2.24) is 0 Å². The number of fused-ring (bicyclic) bond motifs is 3. The molecule has 4 nitrogen and oxygen atoms in total. The Morgan fingerprint density at radius 2 is 2.11 bits per heavy atom. The van der Waals surface area contributed by atoms with Crippen molar-refractivity contribution in [2.24, 2.45) is 35.0 Å². The molecule has 0 aromatic rings. The van der Waals surface area contributed by atoms with E-state index in [0.717, 1.165) is 19.3 Å². The van der Waals surface area contributed by atoms with Crippen LogP contribution < -0.4 is 0 Å². The van der Waals surface area contributed by atoms with E-state index in [4.69, 9.17) is 4.74 Å². The Kier molecular flexibility index (Phi) is 2.70. The molecular formula is C15H22O4. The molecule has 7 atom stereocenters. The van der Waals surface area contributed by atoms with Crippen LogP contribution in [0.2, 0.25) is 0 Å². The van der Waals surface area contributed by atoms with Gasteiger partial charge >= 0.3 is 11.9 Å². The highest BCUT2D eigenvalue weighted by atomic mass is 16.6. The summed E-state index contributed by atoms with van der Waals surface area (Å²) in [6.45, 7) is 6.15. The van der Waals surface area contributed by atoms with Gasteiger partial charge in [0.1, 0.15) is 6.10 Å². The van der Waals surface area contributed by atoms with E-state index in [9.17, 15) is 14.7 Å². The third kappa shape index (κ3) is 1.65. The lowest BCUT2D eigenvalue weighted by atomic mass is 9.61. The first-order valence-electron chi connectivity index (χ1n) is 7.28. The molecule has 0 bridgehead atoms. The first-order valence-corrected chi connectivity index (χ1v) is 7.28. The smallest absolute Gasteiger partial charge is 0.309 e. The molecule has 0 spiro atoms. The lowest BCUT2D eigenvalue weighted by molar-refractivity contribution is -0.149. The van der Waals surface area contributed by atoms with Gasteiger partial charge in [-0.2, -0.15) is 0 Å². The van der Waals surface area contributed by atoms with Crippen molar-refractivity contribution in [3.05, 3.63) is 0 Å². The van der Waals surface area contributed by atoms with Gasteiger partial charge < -0.3 is 9.84 Å². The minimum Gasteiger partial charge on any atom is -0.481 e. The summed E-state index contributed by atoms with van der Waals surface area (Å²) < 4.78 is 5.62. The molecule has 4 heteroatoms. The van der Waals surface area contributed by atoms with Crippen LogP contribution in [0.3, 0.4) is 0 Å². The van der Waals surface area contributed by atoms with E-state index in [1.807, 2.05) is 13.8 Å². The minimum atomic E-state index is -0.697. The van der Waals surface area contributed by atoms with Crippen LogP contribution in [-0.4, -0.2) is 23.1 Å². The molecular weight excluding hydrogens is 244 g/mol. The van der Waals surface area contributed by atoms with Crippen molar-refractivity contribution < 1.29 is 19.4 Å². The molecule has 0 aromatic carbocycles. The predicted molar refractivity (Wildman–Crippen MR) is 68.3 cm³/mol. The van der Waals surface area contributed by atoms with Crippen LogP contribution in [0, 0.1) is 35.0 Å². The average Bonchev–Trinajstić information content (AvgIpc) is 2.76. The summed E-state index contributed by atoms with van der Waals surface area (Å²) in [5.41, 5.74) is 0.0218. The fourth-order valence-corrected chi connectivity index (χ4v) is 5.02. The average molecular weight is 266 g/mol.